The molecular formula is C20H45NO4S. The van der Waals surface area contributed by atoms with Crippen LogP contribution < -0.4 is 6.15 Å². The van der Waals surface area contributed by atoms with Crippen LogP contribution in [-0.2, 0) is 10.4 Å². The first-order chi connectivity index (χ1) is 11.8. The Bertz CT molecular complexity index is 383. The van der Waals surface area contributed by atoms with Gasteiger partial charge in [0.25, 0.3) is 0 Å². The SMILES string of the molecule is CCCCCCCCC1(CCCCC)CCCCCC1.N.O=S(=O)(O)O. The average Bonchev–Trinajstić information content (AvgIpc) is 2.76. The number of hydrogen-bond acceptors (Lipinski definition) is 3. The molecule has 1 aliphatic carbocycles. The van der Waals surface area contributed by atoms with Crippen LogP contribution >= 0.6 is 0 Å². The highest BCUT2D eigenvalue weighted by molar-refractivity contribution is 7.79. The first-order valence-electron chi connectivity index (χ1n) is 10.5. The van der Waals surface area contributed by atoms with Crippen LogP contribution in [0.25, 0.3) is 0 Å². The second-order valence-electron chi connectivity index (χ2n) is 7.84. The summed E-state index contributed by atoms with van der Waals surface area (Å²) in [6, 6.07) is 0. The second-order valence-corrected chi connectivity index (χ2v) is 8.73. The van der Waals surface area contributed by atoms with Gasteiger partial charge in [0.15, 0.2) is 0 Å². The molecular weight excluding hydrogens is 350 g/mol. The molecule has 5 N–H and O–H groups in total. The van der Waals surface area contributed by atoms with Gasteiger partial charge in [-0.2, -0.15) is 8.42 Å². The molecule has 0 aromatic heterocycles. The van der Waals surface area contributed by atoms with E-state index < -0.39 is 10.4 Å². The Morgan fingerprint density at radius 3 is 1.50 bits per heavy atom. The molecule has 0 amide bonds. The van der Waals surface area contributed by atoms with E-state index in [1.54, 1.807) is 19.3 Å². The van der Waals surface area contributed by atoms with Crippen molar-refractivity contribution in [1.29, 1.82) is 0 Å². The van der Waals surface area contributed by atoms with Gasteiger partial charge in [0.05, 0.1) is 0 Å². The van der Waals surface area contributed by atoms with Crippen molar-refractivity contribution in [2.45, 2.75) is 123 Å². The minimum atomic E-state index is -4.67. The standard InChI is InChI=1S/C20H40.H3N.H2O4S/c1-3-5-7-8-9-13-17-20(16-12-6-4-2)18-14-10-11-15-19-20;;1-5(2,3)4/h3-19H2,1-2H3;1H3;(H2,1,2,3,4). The normalized spacial score (nSPS) is 16.8. The van der Waals surface area contributed by atoms with Crippen LogP contribution in [0.5, 0.6) is 0 Å². The van der Waals surface area contributed by atoms with Crippen LogP contribution in [0.2, 0.25) is 0 Å². The quantitative estimate of drug-likeness (QED) is 0.195. The van der Waals surface area contributed by atoms with Crippen molar-refractivity contribution in [2.24, 2.45) is 5.41 Å². The number of hydrogen-bond donors (Lipinski definition) is 3. The molecule has 1 saturated carbocycles. The number of unbranched alkanes of at least 4 members (excludes halogenated alkanes) is 7. The molecule has 1 rings (SSSR count). The van der Waals surface area contributed by atoms with E-state index in [2.05, 4.69) is 13.8 Å². The lowest BCUT2D eigenvalue weighted by Crippen LogP contribution is -2.20. The zero-order chi connectivity index (χ0) is 19.0. The molecule has 0 radical (unpaired) electrons. The van der Waals surface area contributed by atoms with Crippen LogP contribution in [0.1, 0.15) is 123 Å². The molecule has 0 aromatic rings. The molecule has 0 bridgehead atoms. The van der Waals surface area contributed by atoms with Crippen molar-refractivity contribution in [1.82, 2.24) is 6.15 Å². The first kappa shape index (κ1) is 28.0. The highest BCUT2D eigenvalue weighted by Gasteiger charge is 2.29. The molecule has 5 nitrogen and oxygen atoms in total. The van der Waals surface area contributed by atoms with Gasteiger partial charge in [0.2, 0.25) is 0 Å². The van der Waals surface area contributed by atoms with Gasteiger partial charge in [0, 0.05) is 0 Å². The molecule has 1 aliphatic rings. The lowest BCUT2D eigenvalue weighted by molar-refractivity contribution is 0.188. The topological polar surface area (TPSA) is 110 Å². The first-order valence-corrected chi connectivity index (χ1v) is 11.9. The average molecular weight is 396 g/mol. The highest BCUT2D eigenvalue weighted by atomic mass is 32.3. The van der Waals surface area contributed by atoms with Crippen LogP contribution in [0.4, 0.5) is 0 Å². The van der Waals surface area contributed by atoms with Gasteiger partial charge in [-0.25, -0.2) is 0 Å². The highest BCUT2D eigenvalue weighted by Crippen LogP contribution is 2.43. The summed E-state index contributed by atoms with van der Waals surface area (Å²) in [5, 5.41) is 0. The summed E-state index contributed by atoms with van der Waals surface area (Å²) in [7, 11) is -4.67. The van der Waals surface area contributed by atoms with Gasteiger partial charge in [-0.3, -0.25) is 9.11 Å². The Kier molecular flexibility index (Phi) is 18.3. The summed E-state index contributed by atoms with van der Waals surface area (Å²) in [6.07, 6.45) is 25.3. The molecule has 0 saturated heterocycles. The maximum absolute atomic E-state index is 8.74. The lowest BCUT2D eigenvalue weighted by atomic mass is 9.72. The Morgan fingerprint density at radius 2 is 1.04 bits per heavy atom. The van der Waals surface area contributed by atoms with Crippen molar-refractivity contribution in [3.05, 3.63) is 0 Å². The van der Waals surface area contributed by atoms with Crippen LogP contribution in [0.3, 0.4) is 0 Å². The minimum absolute atomic E-state index is 0. The monoisotopic (exact) mass is 395 g/mol. The summed E-state index contributed by atoms with van der Waals surface area (Å²) in [5.41, 5.74) is 0.760. The van der Waals surface area contributed by atoms with Gasteiger partial charge in [0.1, 0.15) is 0 Å². The van der Waals surface area contributed by atoms with Crippen LogP contribution in [0, 0.1) is 5.41 Å². The summed E-state index contributed by atoms with van der Waals surface area (Å²) in [4.78, 5) is 0. The molecule has 1 fully saturated rings. The van der Waals surface area contributed by atoms with Crippen molar-refractivity contribution >= 4 is 10.4 Å². The van der Waals surface area contributed by atoms with E-state index in [1.807, 2.05) is 0 Å². The fourth-order valence-electron chi connectivity index (χ4n) is 4.13. The van der Waals surface area contributed by atoms with Crippen molar-refractivity contribution in [3.63, 3.8) is 0 Å². The van der Waals surface area contributed by atoms with E-state index in [0.717, 1.165) is 5.41 Å². The molecule has 0 unspecified atom stereocenters. The van der Waals surface area contributed by atoms with E-state index in [9.17, 15) is 0 Å². The summed E-state index contributed by atoms with van der Waals surface area (Å²) in [5.74, 6) is 0. The molecule has 6 heteroatoms. The third-order valence-corrected chi connectivity index (χ3v) is 5.54. The molecule has 160 valence electrons. The predicted octanol–water partition coefficient (Wildman–Crippen LogP) is 7.17. The van der Waals surface area contributed by atoms with Crippen LogP contribution in [-0.4, -0.2) is 17.5 Å². The van der Waals surface area contributed by atoms with Gasteiger partial charge < -0.3 is 6.15 Å². The lowest BCUT2D eigenvalue weighted by Gasteiger charge is -2.33. The summed E-state index contributed by atoms with van der Waals surface area (Å²) >= 11 is 0. The van der Waals surface area contributed by atoms with Gasteiger partial charge >= 0.3 is 10.4 Å². The zero-order valence-corrected chi connectivity index (χ0v) is 18.2. The maximum atomic E-state index is 8.74. The Hall–Kier alpha value is -0.170. The second kappa shape index (κ2) is 17.0. The minimum Gasteiger partial charge on any atom is -0.344 e. The largest absolute Gasteiger partial charge is 0.394 e. The Balaban J connectivity index is 0. The van der Waals surface area contributed by atoms with E-state index in [0.29, 0.717) is 0 Å². The zero-order valence-electron chi connectivity index (χ0n) is 17.3. The Morgan fingerprint density at radius 1 is 0.692 bits per heavy atom. The van der Waals surface area contributed by atoms with Gasteiger partial charge in [-0.15, -0.1) is 0 Å². The molecule has 0 aromatic carbocycles. The fourth-order valence-corrected chi connectivity index (χ4v) is 4.13. The third kappa shape index (κ3) is 18.6. The maximum Gasteiger partial charge on any atom is 0.394 e. The van der Waals surface area contributed by atoms with Crippen LogP contribution in [0.15, 0.2) is 0 Å². The van der Waals surface area contributed by atoms with Gasteiger partial charge in [-0.05, 0) is 31.1 Å². The molecule has 0 aliphatic heterocycles. The van der Waals surface area contributed by atoms with Crippen molar-refractivity contribution < 1.29 is 17.5 Å². The smallest absolute Gasteiger partial charge is 0.344 e. The number of rotatable bonds is 11. The van der Waals surface area contributed by atoms with Crippen molar-refractivity contribution in [3.8, 4) is 0 Å². The summed E-state index contributed by atoms with van der Waals surface area (Å²) in [6.45, 7) is 4.65. The predicted molar refractivity (Wildman–Crippen MR) is 111 cm³/mol. The Labute approximate surface area is 162 Å². The van der Waals surface area contributed by atoms with E-state index in [1.165, 1.54) is 89.9 Å². The molecule has 26 heavy (non-hydrogen) atoms. The summed E-state index contributed by atoms with van der Waals surface area (Å²) < 4.78 is 31.6. The van der Waals surface area contributed by atoms with E-state index in [-0.39, 0.29) is 6.15 Å². The third-order valence-electron chi connectivity index (χ3n) is 5.54. The van der Waals surface area contributed by atoms with E-state index in [4.69, 9.17) is 17.5 Å². The molecule has 0 heterocycles. The fraction of sp³-hybridized carbons (Fsp3) is 1.00. The van der Waals surface area contributed by atoms with Crippen molar-refractivity contribution in [2.75, 3.05) is 0 Å². The van der Waals surface area contributed by atoms with Gasteiger partial charge in [-0.1, -0.05) is 97.3 Å². The van der Waals surface area contributed by atoms with E-state index >= 15 is 0 Å². The molecule has 0 spiro atoms. The molecule has 0 atom stereocenters.